The maximum atomic E-state index is 11.6. The molecule has 0 unspecified atom stereocenters. The zero-order valence-electron chi connectivity index (χ0n) is 9.30. The largest absolute Gasteiger partial charge is 0.507 e. The highest BCUT2D eigenvalue weighted by atomic mass is 16.6. The standard InChI is InChI=1S/C12H15N2O2/c1-13-7-8-14(10-13)12(15)16-9-11-5-3-2-4-6-11/h2-6,10H,7-9H2,1H3/q+1. The molecule has 1 aliphatic heterocycles. The summed E-state index contributed by atoms with van der Waals surface area (Å²) in [6.45, 7) is 1.89. The Labute approximate surface area is 94.8 Å². The summed E-state index contributed by atoms with van der Waals surface area (Å²) >= 11 is 0. The van der Waals surface area contributed by atoms with Crippen LogP contribution in [0.15, 0.2) is 30.3 Å². The van der Waals surface area contributed by atoms with E-state index in [0.717, 1.165) is 12.1 Å². The summed E-state index contributed by atoms with van der Waals surface area (Å²) < 4.78 is 7.15. The Morgan fingerprint density at radius 1 is 1.44 bits per heavy atom. The van der Waals surface area contributed by atoms with Gasteiger partial charge < -0.3 is 4.74 Å². The second kappa shape index (κ2) is 4.79. The minimum Gasteiger partial charge on any atom is -0.426 e. The molecule has 0 atom stereocenters. The summed E-state index contributed by atoms with van der Waals surface area (Å²) in [5, 5.41) is 0. The molecule has 1 aliphatic rings. The number of rotatable bonds is 2. The van der Waals surface area contributed by atoms with Gasteiger partial charge in [-0.05, 0) is 5.56 Å². The van der Waals surface area contributed by atoms with Crippen LogP contribution in [-0.2, 0) is 11.3 Å². The molecule has 0 fully saturated rings. The molecule has 0 bridgehead atoms. The van der Waals surface area contributed by atoms with E-state index in [1.165, 1.54) is 0 Å². The molecule has 16 heavy (non-hydrogen) atoms. The van der Waals surface area contributed by atoms with Gasteiger partial charge in [-0.3, -0.25) is 4.58 Å². The van der Waals surface area contributed by atoms with Crippen molar-refractivity contribution in [3.63, 3.8) is 0 Å². The van der Waals surface area contributed by atoms with Crippen LogP contribution < -0.4 is 0 Å². The summed E-state index contributed by atoms with van der Waals surface area (Å²) in [7, 11) is 1.93. The molecule has 1 amide bonds. The minimum atomic E-state index is -0.284. The average molecular weight is 219 g/mol. The average Bonchev–Trinajstić information content (AvgIpc) is 2.74. The highest BCUT2D eigenvalue weighted by Crippen LogP contribution is 2.03. The van der Waals surface area contributed by atoms with Gasteiger partial charge in [-0.15, -0.1) is 0 Å². The van der Waals surface area contributed by atoms with E-state index in [1.54, 1.807) is 11.2 Å². The van der Waals surface area contributed by atoms with Crippen molar-refractivity contribution in [2.24, 2.45) is 0 Å². The fraction of sp³-hybridized carbons (Fsp3) is 0.333. The van der Waals surface area contributed by atoms with Crippen LogP contribution in [0.25, 0.3) is 0 Å². The number of benzene rings is 1. The fourth-order valence-electron chi connectivity index (χ4n) is 1.56. The number of hydrogen-bond acceptors (Lipinski definition) is 2. The lowest BCUT2D eigenvalue weighted by Gasteiger charge is -2.05. The SMILES string of the molecule is C[N+]1=CN(C(=O)OCc2ccccc2)CC1. The van der Waals surface area contributed by atoms with Crippen LogP contribution in [0.4, 0.5) is 4.79 Å². The number of hydrogen-bond donors (Lipinski definition) is 0. The van der Waals surface area contributed by atoms with Crippen LogP contribution in [0.2, 0.25) is 0 Å². The number of likely N-dealkylation sites (N-methyl/N-ethyl adjacent to an activating group) is 1. The van der Waals surface area contributed by atoms with E-state index < -0.39 is 0 Å². The van der Waals surface area contributed by atoms with E-state index in [9.17, 15) is 4.79 Å². The molecule has 4 nitrogen and oxygen atoms in total. The van der Waals surface area contributed by atoms with Crippen LogP contribution in [0.5, 0.6) is 0 Å². The minimum absolute atomic E-state index is 0.284. The predicted molar refractivity (Wildman–Crippen MR) is 60.4 cm³/mol. The highest BCUT2D eigenvalue weighted by Gasteiger charge is 2.25. The van der Waals surface area contributed by atoms with E-state index in [0.29, 0.717) is 13.2 Å². The summed E-state index contributed by atoms with van der Waals surface area (Å²) in [6.07, 6.45) is 1.49. The van der Waals surface area contributed by atoms with Crippen molar-refractivity contribution in [1.82, 2.24) is 4.90 Å². The zero-order valence-corrected chi connectivity index (χ0v) is 9.30. The molecule has 0 radical (unpaired) electrons. The maximum absolute atomic E-state index is 11.6. The van der Waals surface area contributed by atoms with Gasteiger partial charge in [0.05, 0.1) is 7.05 Å². The van der Waals surface area contributed by atoms with Gasteiger partial charge in [0.15, 0.2) is 0 Å². The third kappa shape index (κ3) is 2.59. The van der Waals surface area contributed by atoms with Crippen molar-refractivity contribution in [3.8, 4) is 0 Å². The lowest BCUT2D eigenvalue weighted by atomic mass is 10.2. The van der Waals surface area contributed by atoms with Crippen LogP contribution >= 0.6 is 0 Å². The maximum Gasteiger partial charge on any atom is 0.507 e. The molecule has 1 aromatic rings. The van der Waals surface area contributed by atoms with Crippen molar-refractivity contribution in [1.29, 1.82) is 0 Å². The normalized spacial score (nSPS) is 14.8. The van der Waals surface area contributed by atoms with Gasteiger partial charge in [0.2, 0.25) is 6.34 Å². The number of carbonyl (C=O) groups excluding carboxylic acids is 1. The van der Waals surface area contributed by atoms with Crippen LogP contribution in [0.1, 0.15) is 5.56 Å². The quantitative estimate of drug-likeness (QED) is 0.702. The van der Waals surface area contributed by atoms with Gasteiger partial charge in [0.25, 0.3) is 0 Å². The lowest BCUT2D eigenvalue weighted by Crippen LogP contribution is -2.28. The molecule has 0 saturated carbocycles. The molecular weight excluding hydrogens is 204 g/mol. The van der Waals surface area contributed by atoms with Crippen LogP contribution in [0, 0.1) is 0 Å². The van der Waals surface area contributed by atoms with Gasteiger partial charge in [-0.25, -0.2) is 0 Å². The van der Waals surface area contributed by atoms with Crippen molar-refractivity contribution in [2.75, 3.05) is 20.1 Å². The van der Waals surface area contributed by atoms with Gasteiger partial charge in [-0.1, -0.05) is 30.3 Å². The van der Waals surface area contributed by atoms with Crippen LogP contribution in [-0.4, -0.2) is 42.0 Å². The van der Waals surface area contributed by atoms with Gasteiger partial charge in [0.1, 0.15) is 19.7 Å². The molecule has 0 aliphatic carbocycles. The predicted octanol–water partition coefficient (Wildman–Crippen LogP) is 1.31. The molecule has 84 valence electrons. The van der Waals surface area contributed by atoms with Crippen molar-refractivity contribution in [2.45, 2.75) is 6.61 Å². The summed E-state index contributed by atoms with van der Waals surface area (Å²) in [4.78, 5) is 13.2. The first-order valence-electron chi connectivity index (χ1n) is 5.28. The molecule has 2 rings (SSSR count). The molecule has 0 aromatic heterocycles. The van der Waals surface area contributed by atoms with E-state index in [2.05, 4.69) is 0 Å². The Morgan fingerprint density at radius 2 is 2.19 bits per heavy atom. The third-order valence-electron chi connectivity index (χ3n) is 2.47. The highest BCUT2D eigenvalue weighted by molar-refractivity contribution is 5.81. The van der Waals surface area contributed by atoms with Gasteiger partial charge in [-0.2, -0.15) is 9.69 Å². The smallest absolute Gasteiger partial charge is 0.426 e. The van der Waals surface area contributed by atoms with Crippen molar-refractivity contribution < 1.29 is 14.1 Å². The summed E-state index contributed by atoms with van der Waals surface area (Å²) in [5.41, 5.74) is 1.00. The molecular formula is C12H15N2O2+. The fourth-order valence-corrected chi connectivity index (χ4v) is 1.56. The first kappa shape index (κ1) is 10.7. The topological polar surface area (TPSA) is 32.5 Å². The number of ether oxygens (including phenoxy) is 1. The van der Waals surface area contributed by atoms with Crippen LogP contribution in [0.3, 0.4) is 0 Å². The van der Waals surface area contributed by atoms with Gasteiger partial charge >= 0.3 is 6.09 Å². The Hall–Kier alpha value is -1.84. The Kier molecular flexibility index (Phi) is 3.19. The Balaban J connectivity index is 1.85. The van der Waals surface area contributed by atoms with E-state index in [1.807, 2.05) is 42.0 Å². The molecule has 0 saturated heterocycles. The molecule has 0 spiro atoms. The summed E-state index contributed by atoms with van der Waals surface area (Å²) in [5.74, 6) is 0. The van der Waals surface area contributed by atoms with Crippen molar-refractivity contribution in [3.05, 3.63) is 35.9 Å². The van der Waals surface area contributed by atoms with Gasteiger partial charge in [0, 0.05) is 0 Å². The number of amides is 1. The summed E-state index contributed by atoms with van der Waals surface area (Å²) in [6, 6.07) is 9.67. The van der Waals surface area contributed by atoms with E-state index >= 15 is 0 Å². The van der Waals surface area contributed by atoms with E-state index in [4.69, 9.17) is 4.74 Å². The Morgan fingerprint density at radius 3 is 2.81 bits per heavy atom. The molecule has 1 aromatic carbocycles. The lowest BCUT2D eigenvalue weighted by molar-refractivity contribution is -0.482. The number of carbonyl (C=O) groups is 1. The second-order valence-electron chi connectivity index (χ2n) is 3.83. The first-order chi connectivity index (χ1) is 7.75. The zero-order chi connectivity index (χ0) is 11.4. The first-order valence-corrected chi connectivity index (χ1v) is 5.28. The molecule has 0 N–H and O–H groups in total. The second-order valence-corrected chi connectivity index (χ2v) is 3.83. The van der Waals surface area contributed by atoms with E-state index in [-0.39, 0.29) is 6.09 Å². The Bertz CT molecular complexity index is 401. The molecule has 4 heteroatoms. The molecule has 1 heterocycles. The number of nitrogens with zero attached hydrogens (tertiary/aromatic N) is 2. The van der Waals surface area contributed by atoms with Crippen molar-refractivity contribution >= 4 is 12.4 Å². The third-order valence-corrected chi connectivity index (χ3v) is 2.47. The monoisotopic (exact) mass is 219 g/mol.